The summed E-state index contributed by atoms with van der Waals surface area (Å²) in [5.41, 5.74) is 1.34. The lowest BCUT2D eigenvalue weighted by Crippen LogP contribution is -2.41. The number of likely N-dealkylation sites (tertiary alicyclic amines) is 1. The van der Waals surface area contributed by atoms with Gasteiger partial charge in [0.05, 0.1) is 11.2 Å². The highest BCUT2D eigenvalue weighted by atomic mass is 19.4. The summed E-state index contributed by atoms with van der Waals surface area (Å²) >= 11 is 0. The predicted molar refractivity (Wildman–Crippen MR) is 114 cm³/mol. The smallest absolute Gasteiger partial charge is 0.373 e. The number of halogens is 3. The third kappa shape index (κ3) is 4.66. The normalized spacial score (nSPS) is 19.7. The molecule has 0 radical (unpaired) electrons. The van der Waals surface area contributed by atoms with Gasteiger partial charge in [-0.1, -0.05) is 12.1 Å². The van der Waals surface area contributed by atoms with Gasteiger partial charge in [-0.05, 0) is 68.6 Å². The molecule has 0 aliphatic carbocycles. The van der Waals surface area contributed by atoms with Crippen molar-refractivity contribution in [1.29, 1.82) is 0 Å². The monoisotopic (exact) mass is 447 g/mol. The Morgan fingerprint density at radius 3 is 2.28 bits per heavy atom. The molecular formula is C24H28F3N3O2. The molecule has 4 rings (SSSR count). The van der Waals surface area contributed by atoms with E-state index in [2.05, 4.69) is 10.3 Å². The first-order valence-corrected chi connectivity index (χ1v) is 11.0. The Labute approximate surface area is 186 Å². The van der Waals surface area contributed by atoms with Gasteiger partial charge in [0.25, 0.3) is 5.91 Å². The second kappa shape index (κ2) is 9.19. The van der Waals surface area contributed by atoms with E-state index >= 15 is 0 Å². The van der Waals surface area contributed by atoms with Crippen molar-refractivity contribution >= 4 is 5.91 Å². The Kier molecular flexibility index (Phi) is 6.53. The molecule has 32 heavy (non-hydrogen) atoms. The molecule has 0 unspecified atom stereocenters. The third-order valence-electron chi connectivity index (χ3n) is 6.77. The van der Waals surface area contributed by atoms with E-state index in [4.69, 9.17) is 4.74 Å². The van der Waals surface area contributed by atoms with Gasteiger partial charge in [-0.25, -0.2) is 0 Å². The standard InChI is InChI=1S/C24H28F3N3O2/c1-32-23(10-12-28-13-11-23)19-4-2-18(3-5-19)22(31)30-14-8-17(9-15-30)21-7-6-20(16-29-21)24(25,26)27/h2-7,16-17,28H,8-15H2,1H3. The number of aromatic nitrogens is 1. The highest BCUT2D eigenvalue weighted by molar-refractivity contribution is 5.94. The van der Waals surface area contributed by atoms with E-state index in [1.54, 1.807) is 7.11 Å². The largest absolute Gasteiger partial charge is 0.417 e. The summed E-state index contributed by atoms with van der Waals surface area (Å²) in [5, 5.41) is 3.35. The molecule has 0 atom stereocenters. The lowest BCUT2D eigenvalue weighted by atomic mass is 9.84. The second-order valence-corrected chi connectivity index (χ2v) is 8.56. The summed E-state index contributed by atoms with van der Waals surface area (Å²) in [6, 6.07) is 10.2. The van der Waals surface area contributed by atoms with Crippen LogP contribution in [0.15, 0.2) is 42.6 Å². The van der Waals surface area contributed by atoms with Crippen molar-refractivity contribution in [2.24, 2.45) is 0 Å². The number of carbonyl (C=O) groups is 1. The average Bonchev–Trinajstić information content (AvgIpc) is 2.84. The number of benzene rings is 1. The number of hydrogen-bond donors (Lipinski definition) is 1. The fraction of sp³-hybridized carbons (Fsp3) is 0.500. The van der Waals surface area contributed by atoms with Crippen LogP contribution in [0.1, 0.15) is 58.8 Å². The summed E-state index contributed by atoms with van der Waals surface area (Å²) in [5.74, 6) is 0.0392. The van der Waals surface area contributed by atoms with Gasteiger partial charge in [0.15, 0.2) is 0 Å². The molecule has 1 N–H and O–H groups in total. The number of nitrogens with one attached hydrogen (secondary N) is 1. The Hall–Kier alpha value is -2.45. The number of methoxy groups -OCH3 is 1. The molecule has 3 heterocycles. The average molecular weight is 448 g/mol. The zero-order chi connectivity index (χ0) is 22.8. The maximum Gasteiger partial charge on any atom is 0.417 e. The zero-order valence-corrected chi connectivity index (χ0v) is 18.1. The van der Waals surface area contributed by atoms with Crippen molar-refractivity contribution in [1.82, 2.24) is 15.2 Å². The molecule has 0 spiro atoms. The zero-order valence-electron chi connectivity index (χ0n) is 18.1. The van der Waals surface area contributed by atoms with Crippen molar-refractivity contribution in [3.8, 4) is 0 Å². The summed E-state index contributed by atoms with van der Waals surface area (Å²) in [7, 11) is 1.74. The summed E-state index contributed by atoms with van der Waals surface area (Å²) < 4.78 is 44.1. The van der Waals surface area contributed by atoms with Gasteiger partial charge < -0.3 is 15.0 Å². The van der Waals surface area contributed by atoms with Crippen LogP contribution in [0.4, 0.5) is 13.2 Å². The maximum absolute atomic E-state index is 13.0. The Bertz CT molecular complexity index is 915. The quantitative estimate of drug-likeness (QED) is 0.758. The molecule has 2 fully saturated rings. The highest BCUT2D eigenvalue weighted by Crippen LogP contribution is 2.35. The van der Waals surface area contributed by atoms with Crippen molar-refractivity contribution in [2.45, 2.75) is 43.4 Å². The van der Waals surface area contributed by atoms with Gasteiger partial charge >= 0.3 is 6.18 Å². The Balaban J connectivity index is 1.37. The number of amides is 1. The lowest BCUT2D eigenvalue weighted by molar-refractivity contribution is -0.137. The molecule has 0 bridgehead atoms. The van der Waals surface area contributed by atoms with Crippen LogP contribution in [0.3, 0.4) is 0 Å². The van der Waals surface area contributed by atoms with Crippen molar-refractivity contribution in [2.75, 3.05) is 33.3 Å². The molecule has 2 aliphatic rings. The minimum Gasteiger partial charge on any atom is -0.373 e. The van der Waals surface area contributed by atoms with Gasteiger partial charge in [0.1, 0.15) is 0 Å². The number of carbonyl (C=O) groups excluding carboxylic acids is 1. The molecule has 8 heteroatoms. The van der Waals surface area contributed by atoms with Gasteiger partial charge in [0, 0.05) is 43.6 Å². The minimum absolute atomic E-state index is 0.0212. The van der Waals surface area contributed by atoms with Crippen molar-refractivity contribution in [3.05, 3.63) is 65.0 Å². The van der Waals surface area contributed by atoms with E-state index in [9.17, 15) is 18.0 Å². The molecule has 1 amide bonds. The van der Waals surface area contributed by atoms with Crippen LogP contribution in [0.25, 0.3) is 0 Å². The van der Waals surface area contributed by atoms with Gasteiger partial charge in [-0.2, -0.15) is 13.2 Å². The second-order valence-electron chi connectivity index (χ2n) is 8.56. The van der Waals surface area contributed by atoms with Crippen molar-refractivity contribution in [3.63, 3.8) is 0 Å². The van der Waals surface area contributed by atoms with Gasteiger partial charge in [-0.15, -0.1) is 0 Å². The van der Waals surface area contributed by atoms with Crippen molar-refractivity contribution < 1.29 is 22.7 Å². The van der Waals surface area contributed by atoms with Crippen LogP contribution in [-0.4, -0.2) is 49.1 Å². The summed E-state index contributed by atoms with van der Waals surface area (Å²) in [4.78, 5) is 18.8. The third-order valence-corrected chi connectivity index (χ3v) is 6.77. The van der Waals surface area contributed by atoms with Gasteiger partial charge in [-0.3, -0.25) is 9.78 Å². The van der Waals surface area contributed by atoms with E-state index in [1.165, 1.54) is 6.07 Å². The van der Waals surface area contributed by atoms with E-state index in [0.717, 1.165) is 43.8 Å². The van der Waals surface area contributed by atoms with Crippen LogP contribution in [-0.2, 0) is 16.5 Å². The number of nitrogens with zero attached hydrogens (tertiary/aromatic N) is 2. The van der Waals surface area contributed by atoms with Crippen LogP contribution in [0, 0.1) is 0 Å². The first-order chi connectivity index (χ1) is 15.3. The lowest BCUT2D eigenvalue weighted by Gasteiger charge is -2.37. The number of rotatable bonds is 4. The molecule has 172 valence electrons. The molecule has 1 aromatic heterocycles. The van der Waals surface area contributed by atoms with Gasteiger partial charge in [0.2, 0.25) is 0 Å². The van der Waals surface area contributed by atoms with E-state index in [0.29, 0.717) is 37.2 Å². The van der Waals surface area contributed by atoms with E-state index < -0.39 is 11.7 Å². The first-order valence-electron chi connectivity index (χ1n) is 11.0. The fourth-order valence-electron chi connectivity index (χ4n) is 4.73. The molecule has 5 nitrogen and oxygen atoms in total. The molecule has 2 aromatic rings. The van der Waals surface area contributed by atoms with Crippen LogP contribution in [0.2, 0.25) is 0 Å². The topological polar surface area (TPSA) is 54.5 Å². The SMILES string of the molecule is COC1(c2ccc(C(=O)N3CCC(c4ccc(C(F)(F)F)cn4)CC3)cc2)CCNCC1. The molecule has 2 saturated heterocycles. The van der Waals surface area contributed by atoms with E-state index in [1.807, 2.05) is 29.2 Å². The molecule has 1 aromatic carbocycles. The van der Waals surface area contributed by atoms with Crippen LogP contribution >= 0.6 is 0 Å². The Morgan fingerprint density at radius 2 is 1.75 bits per heavy atom. The van der Waals surface area contributed by atoms with Crippen LogP contribution in [0.5, 0.6) is 0 Å². The van der Waals surface area contributed by atoms with Crippen LogP contribution < -0.4 is 5.32 Å². The first kappa shape index (κ1) is 22.7. The molecular weight excluding hydrogens is 419 g/mol. The number of ether oxygens (including phenoxy) is 1. The minimum atomic E-state index is -4.38. The molecule has 2 aliphatic heterocycles. The summed E-state index contributed by atoms with van der Waals surface area (Å²) in [6.45, 7) is 2.91. The maximum atomic E-state index is 13.0. The summed E-state index contributed by atoms with van der Waals surface area (Å²) in [6.07, 6.45) is -0.342. The predicted octanol–water partition coefficient (Wildman–Crippen LogP) is 4.35. The number of pyridine rings is 1. The number of alkyl halides is 3. The number of hydrogen-bond acceptors (Lipinski definition) is 4. The Morgan fingerprint density at radius 1 is 1.09 bits per heavy atom. The van der Waals surface area contributed by atoms with E-state index in [-0.39, 0.29) is 17.4 Å². The fourth-order valence-corrected chi connectivity index (χ4v) is 4.73. The molecule has 0 saturated carbocycles. The number of piperidine rings is 2. The highest BCUT2D eigenvalue weighted by Gasteiger charge is 2.34.